The average molecular weight is 212 g/mol. The summed E-state index contributed by atoms with van der Waals surface area (Å²) >= 11 is 0. The Hall–Kier alpha value is -0.790. The molecular weight excluding hydrogens is 188 g/mol. The monoisotopic (exact) mass is 212 g/mol. The van der Waals surface area contributed by atoms with Crippen molar-refractivity contribution in [1.82, 2.24) is 0 Å². The van der Waals surface area contributed by atoms with Crippen molar-refractivity contribution >= 4 is 5.97 Å². The van der Waals surface area contributed by atoms with Crippen LogP contribution in [0.3, 0.4) is 0 Å². The van der Waals surface area contributed by atoms with Crippen molar-refractivity contribution in [3.63, 3.8) is 0 Å². The lowest BCUT2D eigenvalue weighted by atomic mass is 9.96. The third kappa shape index (κ3) is 5.60. The van der Waals surface area contributed by atoms with Crippen molar-refractivity contribution in [2.24, 2.45) is 0 Å². The van der Waals surface area contributed by atoms with E-state index in [-0.39, 0.29) is 0 Å². The molecule has 0 aromatic rings. The van der Waals surface area contributed by atoms with E-state index in [2.05, 4.69) is 13.8 Å². The predicted octanol–water partition coefficient (Wildman–Crippen LogP) is 4.16. The Kier molecular flexibility index (Phi) is 8.06. The zero-order valence-electron chi connectivity index (χ0n) is 10.3. The van der Waals surface area contributed by atoms with Crippen molar-refractivity contribution in [2.75, 3.05) is 0 Å². The summed E-state index contributed by atoms with van der Waals surface area (Å²) in [6, 6.07) is 0. The minimum absolute atomic E-state index is 0.663. The van der Waals surface area contributed by atoms with E-state index in [9.17, 15) is 4.79 Å². The maximum Gasteiger partial charge on any atom is 0.331 e. The Morgan fingerprint density at radius 1 is 1.00 bits per heavy atom. The highest BCUT2D eigenvalue weighted by Gasteiger charge is 2.11. The first-order chi connectivity index (χ1) is 7.17. The van der Waals surface area contributed by atoms with Crippen LogP contribution in [0.2, 0.25) is 0 Å². The second kappa shape index (κ2) is 8.51. The summed E-state index contributed by atoms with van der Waals surface area (Å²) in [5.41, 5.74) is 1.81. The second-order valence-electron chi connectivity index (χ2n) is 3.95. The summed E-state index contributed by atoms with van der Waals surface area (Å²) < 4.78 is 0. The third-order valence-electron chi connectivity index (χ3n) is 2.69. The van der Waals surface area contributed by atoms with Crippen LogP contribution >= 0.6 is 0 Å². The molecule has 0 aromatic carbocycles. The number of aliphatic carboxylic acids is 1. The Morgan fingerprint density at radius 2 is 1.67 bits per heavy atom. The van der Waals surface area contributed by atoms with E-state index < -0.39 is 5.97 Å². The van der Waals surface area contributed by atoms with Gasteiger partial charge in [0.2, 0.25) is 0 Å². The summed E-state index contributed by atoms with van der Waals surface area (Å²) in [4.78, 5) is 11.1. The first-order valence-corrected chi connectivity index (χ1v) is 6.11. The fourth-order valence-corrected chi connectivity index (χ4v) is 1.81. The smallest absolute Gasteiger partial charge is 0.331 e. The van der Waals surface area contributed by atoms with Gasteiger partial charge in [-0.2, -0.15) is 0 Å². The summed E-state index contributed by atoms with van der Waals surface area (Å²) in [5.74, 6) is -0.717. The molecule has 2 nitrogen and oxygen atoms in total. The standard InChI is InChI=1S/C13H24O2/c1-4-7-8-10-11(6-3)12(9-5-2)13(14)15/h4-10H2,1-3H3,(H,14,15)/b12-11-. The number of carbonyl (C=O) groups is 1. The molecule has 0 aliphatic heterocycles. The van der Waals surface area contributed by atoms with Crippen LogP contribution in [0, 0.1) is 0 Å². The first-order valence-electron chi connectivity index (χ1n) is 6.11. The zero-order chi connectivity index (χ0) is 11.7. The maximum atomic E-state index is 11.1. The van der Waals surface area contributed by atoms with Gasteiger partial charge in [-0.3, -0.25) is 0 Å². The fourth-order valence-electron chi connectivity index (χ4n) is 1.81. The minimum atomic E-state index is -0.717. The predicted molar refractivity (Wildman–Crippen MR) is 64.0 cm³/mol. The van der Waals surface area contributed by atoms with Crippen molar-refractivity contribution in [3.8, 4) is 0 Å². The molecule has 15 heavy (non-hydrogen) atoms. The number of rotatable bonds is 8. The number of carboxylic acid groups (broad SMARTS) is 1. The zero-order valence-corrected chi connectivity index (χ0v) is 10.3. The number of hydrogen-bond acceptors (Lipinski definition) is 1. The van der Waals surface area contributed by atoms with Crippen LogP contribution in [-0.2, 0) is 4.79 Å². The van der Waals surface area contributed by atoms with Crippen molar-refractivity contribution in [1.29, 1.82) is 0 Å². The SMILES string of the molecule is CCCCC/C(CC)=C(/CCC)C(=O)O. The van der Waals surface area contributed by atoms with Crippen LogP contribution in [0.15, 0.2) is 11.1 Å². The highest BCUT2D eigenvalue weighted by Crippen LogP contribution is 2.20. The topological polar surface area (TPSA) is 37.3 Å². The Labute approximate surface area is 93.4 Å². The highest BCUT2D eigenvalue weighted by atomic mass is 16.4. The summed E-state index contributed by atoms with van der Waals surface area (Å²) in [5, 5.41) is 9.10. The van der Waals surface area contributed by atoms with Gasteiger partial charge in [0.05, 0.1) is 0 Å². The van der Waals surface area contributed by atoms with Gasteiger partial charge in [-0.05, 0) is 25.7 Å². The lowest BCUT2D eigenvalue weighted by Gasteiger charge is -2.09. The summed E-state index contributed by atoms with van der Waals surface area (Å²) in [6.45, 7) is 6.25. The molecule has 0 heterocycles. The highest BCUT2D eigenvalue weighted by molar-refractivity contribution is 5.87. The molecule has 0 aliphatic rings. The van der Waals surface area contributed by atoms with Gasteiger partial charge >= 0.3 is 5.97 Å². The van der Waals surface area contributed by atoms with E-state index in [0.29, 0.717) is 12.0 Å². The average Bonchev–Trinajstić information content (AvgIpc) is 2.22. The van der Waals surface area contributed by atoms with Crippen molar-refractivity contribution in [2.45, 2.75) is 65.7 Å². The Balaban J connectivity index is 4.49. The molecule has 0 aliphatic carbocycles. The van der Waals surface area contributed by atoms with E-state index in [1.54, 1.807) is 0 Å². The molecule has 0 atom stereocenters. The third-order valence-corrected chi connectivity index (χ3v) is 2.69. The van der Waals surface area contributed by atoms with Gasteiger partial charge in [-0.15, -0.1) is 0 Å². The number of allylic oxidation sites excluding steroid dienone is 1. The number of carboxylic acids is 1. The number of unbranched alkanes of at least 4 members (excludes halogenated alkanes) is 2. The molecule has 0 aromatic heterocycles. The van der Waals surface area contributed by atoms with E-state index >= 15 is 0 Å². The maximum absolute atomic E-state index is 11.1. The molecule has 0 fully saturated rings. The van der Waals surface area contributed by atoms with Gasteiger partial charge in [0.15, 0.2) is 0 Å². The van der Waals surface area contributed by atoms with E-state index in [0.717, 1.165) is 31.3 Å². The molecule has 1 N–H and O–H groups in total. The van der Waals surface area contributed by atoms with Crippen LogP contribution in [-0.4, -0.2) is 11.1 Å². The Morgan fingerprint density at radius 3 is 2.07 bits per heavy atom. The largest absolute Gasteiger partial charge is 0.478 e. The molecule has 0 saturated carbocycles. The van der Waals surface area contributed by atoms with Crippen molar-refractivity contribution in [3.05, 3.63) is 11.1 Å². The quantitative estimate of drug-likeness (QED) is 0.484. The van der Waals surface area contributed by atoms with Gasteiger partial charge in [-0.1, -0.05) is 45.6 Å². The van der Waals surface area contributed by atoms with Gasteiger partial charge < -0.3 is 5.11 Å². The van der Waals surface area contributed by atoms with Crippen LogP contribution in [0.1, 0.15) is 65.7 Å². The molecule has 0 amide bonds. The minimum Gasteiger partial charge on any atom is -0.478 e. The van der Waals surface area contributed by atoms with E-state index in [1.165, 1.54) is 12.8 Å². The van der Waals surface area contributed by atoms with Crippen LogP contribution in [0.4, 0.5) is 0 Å². The van der Waals surface area contributed by atoms with Crippen LogP contribution < -0.4 is 0 Å². The van der Waals surface area contributed by atoms with Gasteiger partial charge in [0.25, 0.3) is 0 Å². The molecule has 2 heteroatoms. The van der Waals surface area contributed by atoms with Crippen molar-refractivity contribution < 1.29 is 9.90 Å². The molecule has 0 saturated heterocycles. The van der Waals surface area contributed by atoms with E-state index in [1.807, 2.05) is 6.92 Å². The van der Waals surface area contributed by atoms with Gasteiger partial charge in [0.1, 0.15) is 0 Å². The molecular formula is C13H24O2. The number of hydrogen-bond donors (Lipinski definition) is 1. The fraction of sp³-hybridized carbons (Fsp3) is 0.769. The molecule has 0 unspecified atom stereocenters. The molecule has 88 valence electrons. The summed E-state index contributed by atoms with van der Waals surface area (Å²) in [6.07, 6.45) is 6.98. The first kappa shape index (κ1) is 14.2. The van der Waals surface area contributed by atoms with Crippen LogP contribution in [0.25, 0.3) is 0 Å². The summed E-state index contributed by atoms with van der Waals surface area (Å²) in [7, 11) is 0. The van der Waals surface area contributed by atoms with Crippen LogP contribution in [0.5, 0.6) is 0 Å². The van der Waals surface area contributed by atoms with Gasteiger partial charge in [0, 0.05) is 5.57 Å². The normalized spacial score (nSPS) is 12.5. The lowest BCUT2D eigenvalue weighted by molar-refractivity contribution is -0.132. The molecule has 0 rings (SSSR count). The van der Waals surface area contributed by atoms with E-state index in [4.69, 9.17) is 5.11 Å². The lowest BCUT2D eigenvalue weighted by Crippen LogP contribution is -2.04. The molecule has 0 bridgehead atoms. The molecule has 0 spiro atoms. The van der Waals surface area contributed by atoms with Gasteiger partial charge in [-0.25, -0.2) is 4.79 Å². The Bertz CT molecular complexity index is 217. The second-order valence-corrected chi connectivity index (χ2v) is 3.95. The molecule has 0 radical (unpaired) electrons.